The summed E-state index contributed by atoms with van der Waals surface area (Å²) in [5.41, 5.74) is 2.59. The predicted octanol–water partition coefficient (Wildman–Crippen LogP) is 2.48. The Kier molecular flexibility index (Phi) is 6.11. The SMILES string of the molecule is COC(=O)CSCCC(=O)NC1CCCc2ccccc21. The Morgan fingerprint density at radius 2 is 2.19 bits per heavy atom. The minimum absolute atomic E-state index is 0.0501. The van der Waals surface area contributed by atoms with E-state index in [-0.39, 0.29) is 17.9 Å². The molecule has 0 bridgehead atoms. The van der Waals surface area contributed by atoms with Crippen LogP contribution in [-0.2, 0) is 20.7 Å². The van der Waals surface area contributed by atoms with Crippen molar-refractivity contribution in [2.24, 2.45) is 0 Å². The zero-order valence-electron chi connectivity index (χ0n) is 12.3. The third-order valence-corrected chi connectivity index (χ3v) is 4.56. The summed E-state index contributed by atoms with van der Waals surface area (Å²) in [7, 11) is 1.37. The van der Waals surface area contributed by atoms with Crippen molar-refractivity contribution in [2.45, 2.75) is 31.7 Å². The highest BCUT2D eigenvalue weighted by Gasteiger charge is 2.21. The summed E-state index contributed by atoms with van der Waals surface area (Å²) in [6, 6.07) is 8.45. The molecule has 1 unspecified atom stereocenters. The summed E-state index contributed by atoms with van der Waals surface area (Å²) in [6.07, 6.45) is 3.63. The van der Waals surface area contributed by atoms with Gasteiger partial charge in [0.15, 0.2) is 0 Å². The number of carbonyl (C=O) groups is 2. The summed E-state index contributed by atoms with van der Waals surface area (Å²) in [5, 5.41) is 3.11. The van der Waals surface area contributed by atoms with Gasteiger partial charge in [-0.2, -0.15) is 0 Å². The minimum Gasteiger partial charge on any atom is -0.468 e. The summed E-state index contributed by atoms with van der Waals surface area (Å²) in [5.74, 6) is 0.737. The van der Waals surface area contributed by atoms with E-state index >= 15 is 0 Å². The van der Waals surface area contributed by atoms with E-state index in [0.29, 0.717) is 17.9 Å². The van der Waals surface area contributed by atoms with Gasteiger partial charge in [-0.1, -0.05) is 24.3 Å². The molecule has 0 saturated heterocycles. The average Bonchev–Trinajstić information content (AvgIpc) is 2.51. The summed E-state index contributed by atoms with van der Waals surface area (Å²) in [4.78, 5) is 23.0. The lowest BCUT2D eigenvalue weighted by atomic mass is 9.88. The van der Waals surface area contributed by atoms with Crippen LogP contribution in [0, 0.1) is 0 Å². The van der Waals surface area contributed by atoms with Gasteiger partial charge in [-0.3, -0.25) is 9.59 Å². The van der Waals surface area contributed by atoms with Gasteiger partial charge in [-0.05, 0) is 30.4 Å². The molecule has 0 spiro atoms. The molecule has 1 amide bonds. The van der Waals surface area contributed by atoms with Crippen LogP contribution in [0.2, 0.25) is 0 Å². The van der Waals surface area contributed by atoms with Crippen LogP contribution in [-0.4, -0.2) is 30.5 Å². The molecule has 1 N–H and O–H groups in total. The molecule has 0 aliphatic heterocycles. The second kappa shape index (κ2) is 8.08. The van der Waals surface area contributed by atoms with E-state index in [4.69, 9.17) is 0 Å². The van der Waals surface area contributed by atoms with Gasteiger partial charge >= 0.3 is 5.97 Å². The van der Waals surface area contributed by atoms with Crippen molar-refractivity contribution >= 4 is 23.6 Å². The van der Waals surface area contributed by atoms with Crippen LogP contribution in [0.25, 0.3) is 0 Å². The van der Waals surface area contributed by atoms with Crippen molar-refractivity contribution in [1.82, 2.24) is 5.32 Å². The first-order valence-corrected chi connectivity index (χ1v) is 8.38. The van der Waals surface area contributed by atoms with Crippen molar-refractivity contribution in [3.05, 3.63) is 35.4 Å². The van der Waals surface area contributed by atoms with Crippen LogP contribution < -0.4 is 5.32 Å². The van der Waals surface area contributed by atoms with Crippen LogP contribution in [0.4, 0.5) is 0 Å². The van der Waals surface area contributed by atoms with E-state index in [2.05, 4.69) is 22.2 Å². The van der Waals surface area contributed by atoms with E-state index in [1.807, 2.05) is 12.1 Å². The lowest BCUT2D eigenvalue weighted by Gasteiger charge is -2.26. The standard InChI is InChI=1S/C16H21NO3S/c1-20-16(19)11-21-10-9-15(18)17-14-8-4-6-12-5-2-3-7-13(12)14/h2-3,5,7,14H,4,6,8-11H2,1H3,(H,17,18). The summed E-state index contributed by atoms with van der Waals surface area (Å²) >= 11 is 1.43. The largest absolute Gasteiger partial charge is 0.468 e. The van der Waals surface area contributed by atoms with E-state index in [9.17, 15) is 9.59 Å². The molecular formula is C16H21NO3S. The lowest BCUT2D eigenvalue weighted by Crippen LogP contribution is -2.31. The fourth-order valence-corrected chi connectivity index (χ4v) is 3.31. The molecule has 1 aromatic rings. The van der Waals surface area contributed by atoms with Crippen molar-refractivity contribution in [3.8, 4) is 0 Å². The predicted molar refractivity (Wildman–Crippen MR) is 84.2 cm³/mol. The number of benzene rings is 1. The number of fused-ring (bicyclic) bond motifs is 1. The molecule has 0 aromatic heterocycles. The Morgan fingerprint density at radius 1 is 1.38 bits per heavy atom. The van der Waals surface area contributed by atoms with Gasteiger partial charge in [0.25, 0.3) is 0 Å². The van der Waals surface area contributed by atoms with Crippen LogP contribution in [0.3, 0.4) is 0 Å². The number of carbonyl (C=O) groups excluding carboxylic acids is 2. The third-order valence-electron chi connectivity index (χ3n) is 3.63. The number of esters is 1. The molecule has 1 aliphatic rings. The normalized spacial score (nSPS) is 16.9. The fourth-order valence-electron chi connectivity index (χ4n) is 2.55. The maximum Gasteiger partial charge on any atom is 0.315 e. The molecule has 114 valence electrons. The number of methoxy groups -OCH3 is 1. The van der Waals surface area contributed by atoms with E-state index in [1.165, 1.54) is 30.0 Å². The maximum atomic E-state index is 12.0. The van der Waals surface area contributed by atoms with E-state index in [0.717, 1.165) is 19.3 Å². The second-order valence-corrected chi connectivity index (χ2v) is 6.20. The minimum atomic E-state index is -0.249. The number of nitrogens with one attached hydrogen (secondary N) is 1. The van der Waals surface area contributed by atoms with Gasteiger partial charge in [0.1, 0.15) is 0 Å². The second-order valence-electron chi connectivity index (χ2n) is 5.09. The van der Waals surface area contributed by atoms with Gasteiger partial charge in [0, 0.05) is 12.2 Å². The van der Waals surface area contributed by atoms with Crippen LogP contribution >= 0.6 is 11.8 Å². The van der Waals surface area contributed by atoms with E-state index < -0.39 is 0 Å². The average molecular weight is 307 g/mol. The monoisotopic (exact) mass is 307 g/mol. The molecule has 5 heteroatoms. The Hall–Kier alpha value is -1.49. The number of rotatable bonds is 6. The van der Waals surface area contributed by atoms with Crippen LogP contribution in [0.5, 0.6) is 0 Å². The van der Waals surface area contributed by atoms with Gasteiger partial charge < -0.3 is 10.1 Å². The zero-order chi connectivity index (χ0) is 15.1. The van der Waals surface area contributed by atoms with Crippen LogP contribution in [0.15, 0.2) is 24.3 Å². The quantitative estimate of drug-likeness (QED) is 0.648. The first-order valence-electron chi connectivity index (χ1n) is 7.22. The molecule has 0 fully saturated rings. The van der Waals surface area contributed by atoms with Crippen molar-refractivity contribution in [1.29, 1.82) is 0 Å². The molecule has 4 nitrogen and oxygen atoms in total. The highest BCUT2D eigenvalue weighted by Crippen LogP contribution is 2.29. The number of amides is 1. The number of hydrogen-bond donors (Lipinski definition) is 1. The van der Waals surface area contributed by atoms with Gasteiger partial charge in [-0.25, -0.2) is 0 Å². The molecule has 1 atom stereocenters. The van der Waals surface area contributed by atoms with Crippen LogP contribution in [0.1, 0.15) is 36.4 Å². The smallest absolute Gasteiger partial charge is 0.315 e. The van der Waals surface area contributed by atoms with E-state index in [1.54, 1.807) is 0 Å². The zero-order valence-corrected chi connectivity index (χ0v) is 13.1. The lowest BCUT2D eigenvalue weighted by molar-refractivity contribution is -0.137. The number of hydrogen-bond acceptors (Lipinski definition) is 4. The molecule has 0 radical (unpaired) electrons. The Balaban J connectivity index is 1.77. The summed E-state index contributed by atoms with van der Waals surface area (Å²) in [6.45, 7) is 0. The molecule has 1 aliphatic carbocycles. The summed E-state index contributed by atoms with van der Waals surface area (Å²) < 4.78 is 4.56. The van der Waals surface area contributed by atoms with Gasteiger partial charge in [0.2, 0.25) is 5.91 Å². The first kappa shape index (κ1) is 15.9. The first-order chi connectivity index (χ1) is 10.2. The molecule has 2 rings (SSSR count). The molecule has 1 aromatic carbocycles. The third kappa shape index (κ3) is 4.77. The molecular weight excluding hydrogens is 286 g/mol. The van der Waals surface area contributed by atoms with Gasteiger partial charge in [0.05, 0.1) is 18.9 Å². The Bertz CT molecular complexity index is 504. The molecule has 0 saturated carbocycles. The number of aryl methyl sites for hydroxylation is 1. The maximum absolute atomic E-state index is 12.0. The number of thioether (sulfide) groups is 1. The molecule has 21 heavy (non-hydrogen) atoms. The highest BCUT2D eigenvalue weighted by atomic mass is 32.2. The highest BCUT2D eigenvalue weighted by molar-refractivity contribution is 7.99. The fraction of sp³-hybridized carbons (Fsp3) is 0.500. The molecule has 0 heterocycles. The number of ether oxygens (including phenoxy) is 1. The van der Waals surface area contributed by atoms with Crippen molar-refractivity contribution in [3.63, 3.8) is 0 Å². The van der Waals surface area contributed by atoms with Crippen molar-refractivity contribution in [2.75, 3.05) is 18.6 Å². The van der Waals surface area contributed by atoms with Crippen molar-refractivity contribution < 1.29 is 14.3 Å². The Morgan fingerprint density at radius 3 is 3.00 bits per heavy atom. The Labute approximate surface area is 129 Å². The van der Waals surface area contributed by atoms with Gasteiger partial charge in [-0.15, -0.1) is 11.8 Å². The topological polar surface area (TPSA) is 55.4 Å².